The molecule has 1 aromatic rings. The molecule has 0 saturated heterocycles. The van der Waals surface area contributed by atoms with Crippen LogP contribution < -0.4 is 11.5 Å². The molecular weight excluding hydrogens is 240 g/mol. The van der Waals surface area contributed by atoms with Crippen LogP contribution in [0.25, 0.3) is 0 Å². The van der Waals surface area contributed by atoms with Crippen LogP contribution in [0.1, 0.15) is 25.6 Å². The minimum absolute atomic E-state index is 0.0219. The van der Waals surface area contributed by atoms with E-state index in [9.17, 15) is 0 Å². The first kappa shape index (κ1) is 13.5. The Kier molecular flexibility index (Phi) is 4.95. The summed E-state index contributed by atoms with van der Waals surface area (Å²) >= 11 is 1.13. The molecule has 5 N–H and O–H groups in total. The van der Waals surface area contributed by atoms with E-state index in [1.54, 1.807) is 0 Å². The predicted octanol–water partition coefficient (Wildman–Crippen LogP) is 0.709. The van der Waals surface area contributed by atoms with Gasteiger partial charge in [0.1, 0.15) is 0 Å². The predicted molar refractivity (Wildman–Crippen MR) is 67.7 cm³/mol. The lowest BCUT2D eigenvalue weighted by atomic mass is 10.1. The van der Waals surface area contributed by atoms with Crippen molar-refractivity contribution in [2.75, 3.05) is 0 Å². The number of hydrogen-bond acceptors (Lipinski definition) is 5. The highest BCUT2D eigenvalue weighted by Gasteiger charge is 2.09. The molecule has 1 heterocycles. The van der Waals surface area contributed by atoms with Crippen molar-refractivity contribution in [3.8, 4) is 0 Å². The Morgan fingerprint density at radius 1 is 1.53 bits per heavy atom. The number of aromatic nitrogens is 2. The van der Waals surface area contributed by atoms with Crippen LogP contribution in [0, 0.1) is 11.3 Å². The van der Waals surface area contributed by atoms with Gasteiger partial charge in [-0.1, -0.05) is 30.8 Å². The number of guanidine groups is 1. The normalized spacial score (nSPS) is 10.5. The van der Waals surface area contributed by atoms with E-state index in [0.29, 0.717) is 23.4 Å². The van der Waals surface area contributed by atoms with Gasteiger partial charge in [-0.15, -0.1) is 0 Å². The number of rotatable bonds is 4. The monoisotopic (exact) mass is 256 g/mol. The second-order valence-corrected chi connectivity index (χ2v) is 4.80. The molecule has 8 heteroatoms. The van der Waals surface area contributed by atoms with Crippen LogP contribution in [0.4, 0.5) is 0 Å². The molecule has 0 atom stereocenters. The molecule has 7 nitrogen and oxygen atoms in total. The minimum atomic E-state index is -0.131. The maximum Gasteiger partial charge on any atom is 0.237 e. The van der Waals surface area contributed by atoms with Crippen molar-refractivity contribution >= 4 is 22.9 Å². The van der Waals surface area contributed by atoms with E-state index in [2.05, 4.69) is 29.0 Å². The Labute approximate surface area is 104 Å². The molecule has 94 valence electrons. The summed E-state index contributed by atoms with van der Waals surface area (Å²) in [6.45, 7) is 4.17. The number of nitrogens with one attached hydrogen (secondary N) is 1. The Morgan fingerprint density at radius 2 is 2.24 bits per heavy atom. The molecule has 0 aromatic carbocycles. The molecule has 0 fully saturated rings. The fourth-order valence-electron chi connectivity index (χ4n) is 1.08. The van der Waals surface area contributed by atoms with Crippen LogP contribution in [-0.4, -0.2) is 21.3 Å². The van der Waals surface area contributed by atoms with Gasteiger partial charge in [-0.25, -0.2) is 0 Å². The van der Waals surface area contributed by atoms with Gasteiger partial charge < -0.3 is 16.0 Å². The van der Waals surface area contributed by atoms with Crippen LogP contribution in [0.5, 0.6) is 0 Å². The number of aliphatic imine (C=N–C) groups is 1. The molecule has 0 spiro atoms. The van der Waals surface area contributed by atoms with Gasteiger partial charge in [-0.2, -0.15) is 9.98 Å². The topological polar surface area (TPSA) is 127 Å². The van der Waals surface area contributed by atoms with Gasteiger partial charge in [-0.05, 0) is 5.92 Å². The van der Waals surface area contributed by atoms with Gasteiger partial charge >= 0.3 is 0 Å². The van der Waals surface area contributed by atoms with E-state index in [-0.39, 0.29) is 11.1 Å². The first-order valence-corrected chi connectivity index (χ1v) is 6.08. The Morgan fingerprint density at radius 3 is 2.82 bits per heavy atom. The van der Waals surface area contributed by atoms with Gasteiger partial charge in [0.25, 0.3) is 0 Å². The average molecular weight is 256 g/mol. The lowest BCUT2D eigenvalue weighted by Gasteiger charge is -1.96. The fourth-order valence-corrected chi connectivity index (χ4v) is 1.62. The van der Waals surface area contributed by atoms with E-state index >= 15 is 0 Å². The molecule has 0 aliphatic heterocycles. The summed E-state index contributed by atoms with van der Waals surface area (Å²) in [7, 11) is 0. The summed E-state index contributed by atoms with van der Waals surface area (Å²) < 4.78 is 5.03. The molecule has 0 bridgehead atoms. The van der Waals surface area contributed by atoms with E-state index in [1.165, 1.54) is 0 Å². The van der Waals surface area contributed by atoms with Crippen LogP contribution in [0.15, 0.2) is 9.52 Å². The van der Waals surface area contributed by atoms with E-state index in [0.717, 1.165) is 18.2 Å². The average Bonchev–Trinajstić information content (AvgIpc) is 2.60. The highest BCUT2D eigenvalue weighted by molar-refractivity contribution is 8.13. The van der Waals surface area contributed by atoms with Crippen molar-refractivity contribution in [2.45, 2.75) is 26.0 Å². The fraction of sp³-hybridized carbons (Fsp3) is 0.556. The van der Waals surface area contributed by atoms with E-state index < -0.39 is 0 Å². The van der Waals surface area contributed by atoms with Gasteiger partial charge in [0.2, 0.25) is 5.89 Å². The van der Waals surface area contributed by atoms with Crippen molar-refractivity contribution in [3.63, 3.8) is 0 Å². The number of hydrogen-bond donors (Lipinski definition) is 3. The summed E-state index contributed by atoms with van der Waals surface area (Å²) in [5.74, 6) is 1.90. The Balaban J connectivity index is 2.45. The SMILES string of the molecule is CC(C)Cc1noc(CSC(=N)N=C(N)N)n1. The third kappa shape index (κ3) is 5.34. The zero-order valence-electron chi connectivity index (χ0n) is 9.80. The molecule has 0 radical (unpaired) electrons. The quantitative estimate of drug-likeness (QED) is 0.537. The van der Waals surface area contributed by atoms with Crippen molar-refractivity contribution in [1.82, 2.24) is 10.1 Å². The second-order valence-electron chi connectivity index (χ2n) is 3.83. The molecule has 1 aromatic heterocycles. The first-order valence-electron chi connectivity index (χ1n) is 5.09. The van der Waals surface area contributed by atoms with Gasteiger partial charge in [0.15, 0.2) is 17.0 Å². The molecule has 0 amide bonds. The van der Waals surface area contributed by atoms with Gasteiger partial charge in [0.05, 0.1) is 5.75 Å². The number of nitrogens with zero attached hydrogens (tertiary/aromatic N) is 3. The number of amidine groups is 1. The Hall–Kier alpha value is -1.57. The maximum absolute atomic E-state index is 7.41. The standard InChI is InChI=1S/C9H16N6OS/c1-5(2)3-6-13-7(16-15-6)4-17-9(12)14-8(10)11/h5H,3-4H2,1-2H3,(H5,10,11,12,14). The molecule has 17 heavy (non-hydrogen) atoms. The van der Waals surface area contributed by atoms with Gasteiger partial charge in [-0.3, -0.25) is 5.41 Å². The minimum Gasteiger partial charge on any atom is -0.370 e. The number of nitrogens with two attached hydrogens (primary N) is 2. The smallest absolute Gasteiger partial charge is 0.237 e. The number of thioether (sulfide) groups is 1. The highest BCUT2D eigenvalue weighted by atomic mass is 32.2. The summed E-state index contributed by atoms with van der Waals surface area (Å²) in [6, 6.07) is 0. The third-order valence-corrected chi connectivity index (χ3v) is 2.42. The van der Waals surface area contributed by atoms with Crippen LogP contribution in [0.3, 0.4) is 0 Å². The summed E-state index contributed by atoms with van der Waals surface area (Å²) in [5.41, 5.74) is 10.3. The van der Waals surface area contributed by atoms with Crippen LogP contribution >= 0.6 is 11.8 Å². The van der Waals surface area contributed by atoms with E-state index in [4.69, 9.17) is 21.4 Å². The largest absolute Gasteiger partial charge is 0.370 e. The molecule has 0 aliphatic carbocycles. The van der Waals surface area contributed by atoms with Crippen molar-refractivity contribution in [3.05, 3.63) is 11.7 Å². The second kappa shape index (κ2) is 6.24. The molecule has 0 unspecified atom stereocenters. The summed E-state index contributed by atoms with van der Waals surface area (Å²) in [4.78, 5) is 7.77. The zero-order valence-corrected chi connectivity index (χ0v) is 10.6. The highest BCUT2D eigenvalue weighted by Crippen LogP contribution is 2.13. The molecule has 1 rings (SSSR count). The first-order chi connectivity index (χ1) is 7.97. The Bertz CT molecular complexity index is 409. The van der Waals surface area contributed by atoms with Crippen molar-refractivity contribution in [1.29, 1.82) is 5.41 Å². The zero-order chi connectivity index (χ0) is 12.8. The third-order valence-electron chi connectivity index (χ3n) is 1.66. The van der Waals surface area contributed by atoms with Crippen LogP contribution in [0.2, 0.25) is 0 Å². The van der Waals surface area contributed by atoms with Gasteiger partial charge in [0, 0.05) is 6.42 Å². The summed E-state index contributed by atoms with van der Waals surface area (Å²) in [6.07, 6.45) is 0.777. The van der Waals surface area contributed by atoms with E-state index in [1.807, 2.05) is 0 Å². The molecular formula is C9H16N6OS. The van der Waals surface area contributed by atoms with Crippen molar-refractivity contribution in [2.24, 2.45) is 22.4 Å². The maximum atomic E-state index is 7.41. The lowest BCUT2D eigenvalue weighted by Crippen LogP contribution is -2.23. The molecule has 0 saturated carbocycles. The van der Waals surface area contributed by atoms with Crippen molar-refractivity contribution < 1.29 is 4.52 Å². The molecule has 0 aliphatic rings. The lowest BCUT2D eigenvalue weighted by molar-refractivity contribution is 0.382. The van der Waals surface area contributed by atoms with Crippen LogP contribution in [-0.2, 0) is 12.2 Å². The summed E-state index contributed by atoms with van der Waals surface area (Å²) in [5, 5.41) is 11.3.